The molecule has 0 bridgehead atoms. The van der Waals surface area contributed by atoms with Gasteiger partial charge in [-0.3, -0.25) is 0 Å². The van der Waals surface area contributed by atoms with Gasteiger partial charge < -0.3 is 9.67 Å². The van der Waals surface area contributed by atoms with Gasteiger partial charge in [-0.1, -0.05) is 66.7 Å². The molecule has 0 fully saturated rings. The molecule has 4 aromatic carbocycles. The molecule has 5 aromatic rings. The van der Waals surface area contributed by atoms with Crippen LogP contribution in [-0.2, 0) is 6.54 Å². The molecule has 148 valence electrons. The van der Waals surface area contributed by atoms with Gasteiger partial charge in [0.1, 0.15) is 11.9 Å². The Labute approximate surface area is 176 Å². The van der Waals surface area contributed by atoms with Crippen molar-refractivity contribution in [1.29, 1.82) is 0 Å². The number of aliphatic hydroxyl groups excluding tert-OH is 1. The van der Waals surface area contributed by atoms with E-state index in [1.807, 2.05) is 30.3 Å². The molecular formula is C27H24N2O. The van der Waals surface area contributed by atoms with Gasteiger partial charge in [0, 0.05) is 6.54 Å². The van der Waals surface area contributed by atoms with E-state index in [4.69, 9.17) is 4.98 Å². The normalized spacial score (nSPS) is 12.5. The van der Waals surface area contributed by atoms with Crippen molar-refractivity contribution in [1.82, 2.24) is 9.55 Å². The predicted octanol–water partition coefficient (Wildman–Crippen LogP) is 5.94. The zero-order valence-electron chi connectivity index (χ0n) is 17.2. The van der Waals surface area contributed by atoms with E-state index in [2.05, 4.69) is 73.0 Å². The Morgan fingerprint density at radius 2 is 1.50 bits per heavy atom. The summed E-state index contributed by atoms with van der Waals surface area (Å²) in [5.74, 6) is 0.675. The summed E-state index contributed by atoms with van der Waals surface area (Å²) in [6.07, 6.45) is -0.778. The second-order valence-corrected chi connectivity index (χ2v) is 7.98. The van der Waals surface area contributed by atoms with Crippen molar-refractivity contribution < 1.29 is 5.11 Å². The van der Waals surface area contributed by atoms with Crippen molar-refractivity contribution in [3.8, 4) is 0 Å². The molecule has 30 heavy (non-hydrogen) atoms. The standard InChI is InChI=1S/C27H24N2O/c1-18-14-24-25(15-19(18)2)29(27(28-24)26(30)22-9-4-3-5-10-22)17-20-12-13-21-8-6-7-11-23(21)16-20/h3-16,26,30H,17H2,1-2H3. The van der Waals surface area contributed by atoms with Crippen molar-refractivity contribution in [3.63, 3.8) is 0 Å². The number of fused-ring (bicyclic) bond motifs is 2. The molecule has 0 spiro atoms. The van der Waals surface area contributed by atoms with Crippen LogP contribution >= 0.6 is 0 Å². The third-order valence-electron chi connectivity index (χ3n) is 5.91. The number of aryl methyl sites for hydroxylation is 2. The number of aliphatic hydroxyl groups is 1. The number of rotatable bonds is 4. The van der Waals surface area contributed by atoms with Crippen LogP contribution in [0.1, 0.15) is 34.2 Å². The Hall–Kier alpha value is -3.43. The predicted molar refractivity (Wildman–Crippen MR) is 123 cm³/mol. The first-order chi connectivity index (χ1) is 14.6. The number of imidazole rings is 1. The van der Waals surface area contributed by atoms with E-state index in [1.165, 1.54) is 27.5 Å². The van der Waals surface area contributed by atoms with Gasteiger partial charge in [-0.05, 0) is 65.1 Å². The van der Waals surface area contributed by atoms with Crippen LogP contribution in [0.5, 0.6) is 0 Å². The SMILES string of the molecule is Cc1cc2nc(C(O)c3ccccc3)n(Cc3ccc4ccccc4c3)c2cc1C. The maximum Gasteiger partial charge on any atom is 0.143 e. The van der Waals surface area contributed by atoms with Gasteiger partial charge in [0.2, 0.25) is 0 Å². The Morgan fingerprint density at radius 3 is 2.30 bits per heavy atom. The van der Waals surface area contributed by atoms with Crippen LogP contribution in [0.15, 0.2) is 84.9 Å². The fourth-order valence-electron chi connectivity index (χ4n) is 4.08. The van der Waals surface area contributed by atoms with E-state index in [1.54, 1.807) is 0 Å². The van der Waals surface area contributed by atoms with Gasteiger partial charge in [-0.15, -0.1) is 0 Å². The van der Waals surface area contributed by atoms with Crippen LogP contribution in [0.3, 0.4) is 0 Å². The molecule has 0 aliphatic carbocycles. The van der Waals surface area contributed by atoms with Crippen LogP contribution in [0.2, 0.25) is 0 Å². The van der Waals surface area contributed by atoms with Gasteiger partial charge in [0.05, 0.1) is 11.0 Å². The fraction of sp³-hybridized carbons (Fsp3) is 0.148. The summed E-state index contributed by atoms with van der Waals surface area (Å²) in [6.45, 7) is 4.88. The monoisotopic (exact) mass is 392 g/mol. The second kappa shape index (κ2) is 7.43. The molecule has 5 rings (SSSR count). The lowest BCUT2D eigenvalue weighted by Crippen LogP contribution is -2.11. The maximum absolute atomic E-state index is 11.2. The van der Waals surface area contributed by atoms with Gasteiger partial charge >= 0.3 is 0 Å². The van der Waals surface area contributed by atoms with E-state index in [0.29, 0.717) is 12.4 Å². The number of hydrogen-bond acceptors (Lipinski definition) is 2. The minimum absolute atomic E-state index is 0.656. The smallest absolute Gasteiger partial charge is 0.143 e. The van der Waals surface area contributed by atoms with E-state index < -0.39 is 6.10 Å². The average Bonchev–Trinajstić information content (AvgIpc) is 3.11. The molecule has 3 nitrogen and oxygen atoms in total. The number of nitrogens with zero attached hydrogens (tertiary/aromatic N) is 2. The zero-order chi connectivity index (χ0) is 20.7. The summed E-state index contributed by atoms with van der Waals surface area (Å²) in [5, 5.41) is 13.6. The second-order valence-electron chi connectivity index (χ2n) is 7.98. The largest absolute Gasteiger partial charge is 0.380 e. The summed E-state index contributed by atoms with van der Waals surface area (Å²) >= 11 is 0. The molecule has 0 aliphatic rings. The quantitative estimate of drug-likeness (QED) is 0.411. The Kier molecular flexibility index (Phi) is 4.61. The first-order valence-electron chi connectivity index (χ1n) is 10.3. The maximum atomic E-state index is 11.2. The van der Waals surface area contributed by atoms with Gasteiger partial charge in [-0.25, -0.2) is 4.98 Å². The van der Waals surface area contributed by atoms with Crippen molar-refractivity contribution in [2.75, 3.05) is 0 Å². The first kappa shape index (κ1) is 18.6. The summed E-state index contributed by atoms with van der Waals surface area (Å²) in [7, 11) is 0. The van der Waals surface area contributed by atoms with Gasteiger partial charge in [0.25, 0.3) is 0 Å². The highest BCUT2D eigenvalue weighted by Crippen LogP contribution is 2.29. The molecule has 1 aromatic heterocycles. The Bertz CT molecular complexity index is 1350. The molecule has 0 aliphatic heterocycles. The minimum Gasteiger partial charge on any atom is -0.380 e. The van der Waals surface area contributed by atoms with Gasteiger partial charge in [0.15, 0.2) is 0 Å². The minimum atomic E-state index is -0.778. The molecule has 1 atom stereocenters. The summed E-state index contributed by atoms with van der Waals surface area (Å²) in [4.78, 5) is 4.86. The highest BCUT2D eigenvalue weighted by Gasteiger charge is 2.20. The van der Waals surface area contributed by atoms with Crippen molar-refractivity contribution >= 4 is 21.8 Å². The van der Waals surface area contributed by atoms with Crippen LogP contribution < -0.4 is 0 Å². The highest BCUT2D eigenvalue weighted by atomic mass is 16.3. The summed E-state index contributed by atoms with van der Waals surface area (Å²) in [5.41, 5.74) is 6.44. The zero-order valence-corrected chi connectivity index (χ0v) is 17.2. The van der Waals surface area contributed by atoms with Crippen LogP contribution in [0.4, 0.5) is 0 Å². The lowest BCUT2D eigenvalue weighted by atomic mass is 10.1. The third kappa shape index (κ3) is 3.27. The van der Waals surface area contributed by atoms with Crippen LogP contribution in [-0.4, -0.2) is 14.7 Å². The molecule has 1 unspecified atom stereocenters. The molecule has 0 saturated carbocycles. The van der Waals surface area contributed by atoms with Crippen LogP contribution in [0.25, 0.3) is 21.8 Å². The lowest BCUT2D eigenvalue weighted by Gasteiger charge is -2.15. The molecule has 1 N–H and O–H groups in total. The lowest BCUT2D eigenvalue weighted by molar-refractivity contribution is 0.206. The number of aromatic nitrogens is 2. The highest BCUT2D eigenvalue weighted by molar-refractivity contribution is 5.83. The van der Waals surface area contributed by atoms with Crippen molar-refractivity contribution in [2.24, 2.45) is 0 Å². The molecule has 0 amide bonds. The summed E-state index contributed by atoms with van der Waals surface area (Å²) in [6, 6.07) is 29.0. The van der Waals surface area contributed by atoms with Gasteiger partial charge in [-0.2, -0.15) is 0 Å². The van der Waals surface area contributed by atoms with Crippen molar-refractivity contribution in [2.45, 2.75) is 26.5 Å². The number of hydrogen-bond donors (Lipinski definition) is 1. The first-order valence-corrected chi connectivity index (χ1v) is 10.3. The molecule has 3 heteroatoms. The molecule has 0 saturated heterocycles. The van der Waals surface area contributed by atoms with E-state index >= 15 is 0 Å². The van der Waals surface area contributed by atoms with E-state index in [9.17, 15) is 5.11 Å². The van der Waals surface area contributed by atoms with E-state index in [-0.39, 0.29) is 0 Å². The fourth-order valence-corrected chi connectivity index (χ4v) is 4.08. The Morgan fingerprint density at radius 1 is 0.800 bits per heavy atom. The average molecular weight is 393 g/mol. The Balaban J connectivity index is 1.66. The molecular weight excluding hydrogens is 368 g/mol. The van der Waals surface area contributed by atoms with Crippen LogP contribution in [0, 0.1) is 13.8 Å². The topological polar surface area (TPSA) is 38.1 Å². The number of benzene rings is 4. The van der Waals surface area contributed by atoms with Crippen molar-refractivity contribution in [3.05, 3.63) is 113 Å². The molecule has 0 radical (unpaired) electrons. The summed E-state index contributed by atoms with van der Waals surface area (Å²) < 4.78 is 2.16. The van der Waals surface area contributed by atoms with E-state index in [0.717, 1.165) is 16.6 Å². The molecule has 1 heterocycles. The third-order valence-corrected chi connectivity index (χ3v) is 5.91.